The van der Waals surface area contributed by atoms with Crippen molar-refractivity contribution in [1.82, 2.24) is 0 Å². The number of methoxy groups -OCH3 is 2. The minimum atomic E-state index is 0.384. The van der Waals surface area contributed by atoms with Crippen molar-refractivity contribution >= 4 is 0 Å². The first kappa shape index (κ1) is 13.5. The summed E-state index contributed by atoms with van der Waals surface area (Å²) in [5.41, 5.74) is 0. The lowest BCUT2D eigenvalue weighted by molar-refractivity contribution is 0.134. The van der Waals surface area contributed by atoms with Crippen molar-refractivity contribution in [2.75, 3.05) is 20.8 Å². The molecule has 0 saturated heterocycles. The molecule has 70 valence electrons. The van der Waals surface area contributed by atoms with Gasteiger partial charge in [-0.1, -0.05) is 13.8 Å². The van der Waals surface area contributed by atoms with Gasteiger partial charge in [-0.05, 0) is 19.8 Å². The summed E-state index contributed by atoms with van der Waals surface area (Å²) in [5, 5.41) is 0. The molecule has 0 saturated carbocycles. The highest BCUT2D eigenvalue weighted by molar-refractivity contribution is 4.35. The standard InChI is InChI=1S/C5H12O.C4H10O/c1-5(2)4-6-3;1-4(2)5-3/h5H,4H2,1-3H3;4H,1-3H3. The van der Waals surface area contributed by atoms with E-state index in [2.05, 4.69) is 13.8 Å². The fraction of sp³-hybridized carbons (Fsp3) is 1.00. The maximum absolute atomic E-state index is 4.80. The molecule has 0 unspecified atom stereocenters. The van der Waals surface area contributed by atoms with Crippen LogP contribution < -0.4 is 0 Å². The summed E-state index contributed by atoms with van der Waals surface area (Å²) in [5.74, 6) is 0.676. The van der Waals surface area contributed by atoms with E-state index < -0.39 is 0 Å². The van der Waals surface area contributed by atoms with Gasteiger partial charge in [-0.2, -0.15) is 0 Å². The van der Waals surface area contributed by atoms with E-state index in [0.29, 0.717) is 12.0 Å². The Morgan fingerprint density at radius 1 is 1.00 bits per heavy atom. The van der Waals surface area contributed by atoms with E-state index in [4.69, 9.17) is 9.47 Å². The number of rotatable bonds is 3. The first-order chi connectivity index (χ1) is 5.04. The van der Waals surface area contributed by atoms with Crippen LogP contribution in [0.3, 0.4) is 0 Å². The normalized spacial score (nSPS) is 9.82. The van der Waals surface area contributed by atoms with Crippen molar-refractivity contribution in [3.8, 4) is 0 Å². The van der Waals surface area contributed by atoms with Crippen molar-refractivity contribution in [2.45, 2.75) is 33.8 Å². The summed E-state index contributed by atoms with van der Waals surface area (Å²) in [6, 6.07) is 0. The van der Waals surface area contributed by atoms with Crippen molar-refractivity contribution in [3.63, 3.8) is 0 Å². The van der Waals surface area contributed by atoms with Crippen LogP contribution in [-0.2, 0) is 9.47 Å². The van der Waals surface area contributed by atoms with Crippen LogP contribution in [0, 0.1) is 5.92 Å². The molecular weight excluding hydrogens is 140 g/mol. The fourth-order valence-electron chi connectivity index (χ4n) is 0.333. The summed E-state index contributed by atoms with van der Waals surface area (Å²) in [6.07, 6.45) is 0.384. The Balaban J connectivity index is 0. The van der Waals surface area contributed by atoms with Gasteiger partial charge in [-0.3, -0.25) is 0 Å². The van der Waals surface area contributed by atoms with Crippen LogP contribution in [0.1, 0.15) is 27.7 Å². The lowest BCUT2D eigenvalue weighted by Crippen LogP contribution is -1.96. The smallest absolute Gasteiger partial charge is 0.0515 e. The molecule has 0 aromatic rings. The predicted molar refractivity (Wildman–Crippen MR) is 48.9 cm³/mol. The molecule has 2 nitrogen and oxygen atoms in total. The maximum atomic E-state index is 4.80. The van der Waals surface area contributed by atoms with Gasteiger partial charge in [0, 0.05) is 20.8 Å². The Morgan fingerprint density at radius 3 is 1.36 bits per heavy atom. The summed E-state index contributed by atoms with van der Waals surface area (Å²) >= 11 is 0. The monoisotopic (exact) mass is 162 g/mol. The third-order valence-electron chi connectivity index (χ3n) is 0.971. The van der Waals surface area contributed by atoms with Crippen LogP contribution in [0.2, 0.25) is 0 Å². The van der Waals surface area contributed by atoms with E-state index >= 15 is 0 Å². The van der Waals surface area contributed by atoms with Crippen LogP contribution in [0.15, 0.2) is 0 Å². The second-order valence-electron chi connectivity index (χ2n) is 3.13. The van der Waals surface area contributed by atoms with Gasteiger partial charge < -0.3 is 9.47 Å². The number of hydrogen-bond acceptors (Lipinski definition) is 2. The Morgan fingerprint density at radius 2 is 1.36 bits per heavy atom. The Hall–Kier alpha value is -0.0800. The molecule has 0 heterocycles. The highest BCUT2D eigenvalue weighted by Crippen LogP contribution is 1.88. The number of hydrogen-bond donors (Lipinski definition) is 0. The third-order valence-corrected chi connectivity index (χ3v) is 0.971. The first-order valence-electron chi connectivity index (χ1n) is 4.06. The van der Waals surface area contributed by atoms with E-state index in [9.17, 15) is 0 Å². The molecule has 0 bridgehead atoms. The van der Waals surface area contributed by atoms with Crippen LogP contribution in [0.4, 0.5) is 0 Å². The molecular formula is C9H22O2. The molecule has 0 rings (SSSR count). The number of ether oxygens (including phenoxy) is 2. The molecule has 0 atom stereocenters. The van der Waals surface area contributed by atoms with Crippen LogP contribution in [0.25, 0.3) is 0 Å². The average Bonchev–Trinajstić information content (AvgIpc) is 1.89. The summed E-state index contributed by atoms with van der Waals surface area (Å²) in [4.78, 5) is 0. The summed E-state index contributed by atoms with van der Waals surface area (Å²) < 4.78 is 9.55. The molecule has 0 N–H and O–H groups in total. The Labute approximate surface area is 70.9 Å². The van der Waals surface area contributed by atoms with Crippen LogP contribution in [0.5, 0.6) is 0 Å². The molecule has 0 aliphatic carbocycles. The predicted octanol–water partition coefficient (Wildman–Crippen LogP) is 2.33. The molecule has 0 spiro atoms. The zero-order chi connectivity index (χ0) is 9.28. The van der Waals surface area contributed by atoms with E-state index in [1.165, 1.54) is 0 Å². The van der Waals surface area contributed by atoms with E-state index in [0.717, 1.165) is 6.61 Å². The zero-order valence-corrected chi connectivity index (χ0v) is 8.68. The van der Waals surface area contributed by atoms with Gasteiger partial charge in [-0.15, -0.1) is 0 Å². The van der Waals surface area contributed by atoms with Crippen LogP contribution in [-0.4, -0.2) is 26.9 Å². The topological polar surface area (TPSA) is 18.5 Å². The van der Waals surface area contributed by atoms with Gasteiger partial charge in [-0.25, -0.2) is 0 Å². The summed E-state index contributed by atoms with van der Waals surface area (Å²) in [7, 11) is 3.42. The average molecular weight is 162 g/mol. The largest absolute Gasteiger partial charge is 0.384 e. The van der Waals surface area contributed by atoms with Gasteiger partial charge in [0.25, 0.3) is 0 Å². The van der Waals surface area contributed by atoms with Gasteiger partial charge in [0.05, 0.1) is 6.10 Å². The lowest BCUT2D eigenvalue weighted by Gasteiger charge is -1.97. The third kappa shape index (κ3) is 25.7. The molecule has 0 fully saturated rings. The molecule has 0 aliphatic rings. The molecule has 0 aliphatic heterocycles. The van der Waals surface area contributed by atoms with Crippen molar-refractivity contribution in [1.29, 1.82) is 0 Å². The van der Waals surface area contributed by atoms with Gasteiger partial charge in [0.2, 0.25) is 0 Å². The molecule has 0 amide bonds. The maximum Gasteiger partial charge on any atom is 0.0515 e. The second kappa shape index (κ2) is 9.92. The fourth-order valence-corrected chi connectivity index (χ4v) is 0.333. The highest BCUT2D eigenvalue weighted by Gasteiger charge is 1.85. The van der Waals surface area contributed by atoms with Crippen molar-refractivity contribution in [3.05, 3.63) is 0 Å². The van der Waals surface area contributed by atoms with Crippen molar-refractivity contribution < 1.29 is 9.47 Å². The Kier molecular flexibility index (Phi) is 12.2. The quantitative estimate of drug-likeness (QED) is 0.634. The molecule has 0 radical (unpaired) electrons. The van der Waals surface area contributed by atoms with Crippen LogP contribution >= 0.6 is 0 Å². The summed E-state index contributed by atoms with van der Waals surface area (Å²) in [6.45, 7) is 9.13. The molecule has 0 aromatic carbocycles. The van der Waals surface area contributed by atoms with Crippen molar-refractivity contribution in [2.24, 2.45) is 5.92 Å². The van der Waals surface area contributed by atoms with Gasteiger partial charge >= 0.3 is 0 Å². The minimum absolute atomic E-state index is 0.384. The van der Waals surface area contributed by atoms with Gasteiger partial charge in [0.1, 0.15) is 0 Å². The zero-order valence-electron chi connectivity index (χ0n) is 8.68. The lowest BCUT2D eigenvalue weighted by atomic mass is 10.2. The molecule has 0 aromatic heterocycles. The molecule has 2 heteroatoms. The van der Waals surface area contributed by atoms with E-state index in [1.807, 2.05) is 13.8 Å². The highest BCUT2D eigenvalue weighted by atomic mass is 16.5. The van der Waals surface area contributed by atoms with E-state index in [-0.39, 0.29) is 0 Å². The first-order valence-corrected chi connectivity index (χ1v) is 4.06. The second-order valence-corrected chi connectivity index (χ2v) is 3.13. The Bertz CT molecular complexity index is 60.6. The van der Waals surface area contributed by atoms with E-state index in [1.54, 1.807) is 14.2 Å². The molecule has 11 heavy (non-hydrogen) atoms. The minimum Gasteiger partial charge on any atom is -0.384 e. The van der Waals surface area contributed by atoms with Gasteiger partial charge in [0.15, 0.2) is 0 Å². The SMILES string of the molecule is COC(C)C.COCC(C)C.